The second-order valence-electron chi connectivity index (χ2n) is 5.63. The lowest BCUT2D eigenvalue weighted by atomic mass is 10.1. The summed E-state index contributed by atoms with van der Waals surface area (Å²) in [6.45, 7) is 5.14. The average Bonchev–Trinajstić information content (AvgIpc) is 3.21. The standard InChI is InChI=1S/C17H22N6O2/c1-5-23(6-2)17(24)21-16-19-14-12(11-9-18-22(3)10-11)7-8-13(25-4)15(14)20-16/h7-10H,5-6H2,1-4H3,(H2,19,20,21,24). The number of benzene rings is 1. The van der Waals surface area contributed by atoms with Gasteiger partial charge in [0.1, 0.15) is 16.8 Å². The predicted octanol–water partition coefficient (Wildman–Crippen LogP) is 2.85. The quantitative estimate of drug-likeness (QED) is 0.746. The van der Waals surface area contributed by atoms with Gasteiger partial charge >= 0.3 is 6.03 Å². The highest BCUT2D eigenvalue weighted by Gasteiger charge is 2.17. The number of hydrogen-bond donors (Lipinski definition) is 2. The summed E-state index contributed by atoms with van der Waals surface area (Å²) in [7, 11) is 3.47. The van der Waals surface area contributed by atoms with Gasteiger partial charge in [-0.05, 0) is 26.0 Å². The molecule has 132 valence electrons. The van der Waals surface area contributed by atoms with Crippen LogP contribution in [0.3, 0.4) is 0 Å². The van der Waals surface area contributed by atoms with E-state index in [0.29, 0.717) is 24.8 Å². The van der Waals surface area contributed by atoms with Crippen molar-refractivity contribution in [3.8, 4) is 16.9 Å². The van der Waals surface area contributed by atoms with E-state index in [4.69, 9.17) is 4.74 Å². The van der Waals surface area contributed by atoms with Gasteiger partial charge in [-0.1, -0.05) is 0 Å². The molecule has 0 saturated carbocycles. The van der Waals surface area contributed by atoms with Crippen molar-refractivity contribution in [2.75, 3.05) is 25.5 Å². The third-order valence-corrected chi connectivity index (χ3v) is 4.12. The van der Waals surface area contributed by atoms with E-state index in [1.54, 1.807) is 22.9 Å². The SMILES string of the molecule is CCN(CC)C(=O)Nc1nc2c(-c3cnn(C)c3)ccc(OC)c2[nH]1. The van der Waals surface area contributed by atoms with E-state index in [9.17, 15) is 4.79 Å². The highest BCUT2D eigenvalue weighted by Crippen LogP contribution is 2.33. The van der Waals surface area contributed by atoms with E-state index >= 15 is 0 Å². The van der Waals surface area contributed by atoms with E-state index in [0.717, 1.165) is 22.2 Å². The van der Waals surface area contributed by atoms with Gasteiger partial charge in [0.15, 0.2) is 0 Å². The van der Waals surface area contributed by atoms with Crippen molar-refractivity contribution in [1.29, 1.82) is 0 Å². The Bertz CT molecular complexity index is 894. The predicted molar refractivity (Wildman–Crippen MR) is 96.8 cm³/mol. The van der Waals surface area contributed by atoms with Gasteiger partial charge in [-0.15, -0.1) is 0 Å². The zero-order chi connectivity index (χ0) is 18.0. The molecule has 0 saturated heterocycles. The van der Waals surface area contributed by atoms with Gasteiger partial charge in [0.25, 0.3) is 0 Å². The molecule has 3 rings (SSSR count). The molecule has 2 N–H and O–H groups in total. The lowest BCUT2D eigenvalue weighted by Crippen LogP contribution is -2.34. The van der Waals surface area contributed by atoms with Crippen LogP contribution in [0, 0.1) is 0 Å². The molecule has 0 aliphatic heterocycles. The number of urea groups is 1. The van der Waals surface area contributed by atoms with Gasteiger partial charge in [0.2, 0.25) is 5.95 Å². The highest BCUT2D eigenvalue weighted by molar-refractivity contribution is 5.98. The van der Waals surface area contributed by atoms with Crippen molar-refractivity contribution in [2.24, 2.45) is 7.05 Å². The number of methoxy groups -OCH3 is 1. The molecule has 0 atom stereocenters. The first kappa shape index (κ1) is 16.8. The first-order valence-corrected chi connectivity index (χ1v) is 8.19. The number of anilines is 1. The molecule has 0 radical (unpaired) electrons. The Morgan fingerprint density at radius 1 is 1.36 bits per heavy atom. The third kappa shape index (κ3) is 3.15. The fraction of sp³-hybridized carbons (Fsp3) is 0.353. The van der Waals surface area contributed by atoms with Gasteiger partial charge in [-0.3, -0.25) is 10.00 Å². The molecule has 1 aromatic carbocycles. The van der Waals surface area contributed by atoms with Crippen molar-refractivity contribution in [3.05, 3.63) is 24.5 Å². The van der Waals surface area contributed by atoms with Crippen LogP contribution in [-0.2, 0) is 7.05 Å². The summed E-state index contributed by atoms with van der Waals surface area (Å²) in [5.41, 5.74) is 3.33. The number of hydrogen-bond acceptors (Lipinski definition) is 4. The molecule has 0 aliphatic rings. The van der Waals surface area contributed by atoms with Gasteiger partial charge < -0.3 is 14.6 Å². The van der Waals surface area contributed by atoms with Crippen LogP contribution in [-0.4, -0.2) is 50.9 Å². The monoisotopic (exact) mass is 342 g/mol. The zero-order valence-corrected chi connectivity index (χ0v) is 14.8. The van der Waals surface area contributed by atoms with Crippen LogP contribution in [0.1, 0.15) is 13.8 Å². The normalized spacial score (nSPS) is 10.9. The van der Waals surface area contributed by atoms with E-state index in [2.05, 4.69) is 20.4 Å². The van der Waals surface area contributed by atoms with Crippen molar-refractivity contribution >= 4 is 23.0 Å². The number of ether oxygens (including phenoxy) is 1. The molecule has 2 aromatic heterocycles. The Labute approximate surface area is 145 Å². The molecule has 0 bridgehead atoms. The van der Waals surface area contributed by atoms with Crippen molar-refractivity contribution < 1.29 is 9.53 Å². The molecule has 0 spiro atoms. The van der Waals surface area contributed by atoms with Crippen LogP contribution in [0.4, 0.5) is 10.7 Å². The Hall–Kier alpha value is -3.03. The summed E-state index contributed by atoms with van der Waals surface area (Å²) in [6.07, 6.45) is 3.70. The average molecular weight is 342 g/mol. The van der Waals surface area contributed by atoms with Crippen LogP contribution >= 0.6 is 0 Å². The van der Waals surface area contributed by atoms with Crippen molar-refractivity contribution in [2.45, 2.75) is 13.8 Å². The van der Waals surface area contributed by atoms with E-state index in [1.165, 1.54) is 0 Å². The smallest absolute Gasteiger partial charge is 0.324 e. The van der Waals surface area contributed by atoms with Crippen LogP contribution in [0.25, 0.3) is 22.2 Å². The largest absolute Gasteiger partial charge is 0.494 e. The maximum atomic E-state index is 12.3. The topological polar surface area (TPSA) is 88.1 Å². The van der Waals surface area contributed by atoms with Gasteiger partial charge in [-0.2, -0.15) is 5.10 Å². The van der Waals surface area contributed by atoms with Crippen molar-refractivity contribution in [3.63, 3.8) is 0 Å². The molecular weight excluding hydrogens is 320 g/mol. The minimum Gasteiger partial charge on any atom is -0.494 e. The lowest BCUT2D eigenvalue weighted by Gasteiger charge is -2.17. The molecule has 3 aromatic rings. The van der Waals surface area contributed by atoms with Crippen LogP contribution in [0.15, 0.2) is 24.5 Å². The molecule has 0 fully saturated rings. The number of nitrogens with one attached hydrogen (secondary N) is 2. The van der Waals surface area contributed by atoms with Crippen LogP contribution in [0.2, 0.25) is 0 Å². The molecule has 0 unspecified atom stereocenters. The van der Waals surface area contributed by atoms with Gasteiger partial charge in [0.05, 0.1) is 13.3 Å². The Balaban J connectivity index is 2.04. The number of aryl methyl sites for hydroxylation is 1. The highest BCUT2D eigenvalue weighted by atomic mass is 16.5. The number of rotatable bonds is 5. The first-order chi connectivity index (χ1) is 12.1. The first-order valence-electron chi connectivity index (χ1n) is 8.19. The molecular formula is C17H22N6O2. The number of nitrogens with zero attached hydrogens (tertiary/aromatic N) is 4. The number of imidazole rings is 1. The number of carbonyl (C=O) groups is 1. The fourth-order valence-electron chi connectivity index (χ4n) is 2.78. The fourth-order valence-corrected chi connectivity index (χ4v) is 2.78. The van der Waals surface area contributed by atoms with Crippen LogP contribution < -0.4 is 10.1 Å². The van der Waals surface area contributed by atoms with Gasteiger partial charge in [0, 0.05) is 37.5 Å². The number of fused-ring (bicyclic) bond motifs is 1. The molecule has 2 amide bonds. The van der Waals surface area contributed by atoms with Gasteiger partial charge in [-0.25, -0.2) is 9.78 Å². The minimum absolute atomic E-state index is 0.189. The molecule has 0 aliphatic carbocycles. The molecule has 2 heterocycles. The summed E-state index contributed by atoms with van der Waals surface area (Å²) in [5.74, 6) is 1.06. The number of carbonyl (C=O) groups excluding carboxylic acids is 1. The Morgan fingerprint density at radius 3 is 2.72 bits per heavy atom. The molecule has 8 nitrogen and oxygen atoms in total. The Morgan fingerprint density at radius 2 is 2.12 bits per heavy atom. The Kier molecular flexibility index (Phi) is 4.60. The summed E-state index contributed by atoms with van der Waals surface area (Å²) in [4.78, 5) is 21.7. The summed E-state index contributed by atoms with van der Waals surface area (Å²) >= 11 is 0. The van der Waals surface area contributed by atoms with E-state index in [1.807, 2.05) is 39.2 Å². The number of aromatic amines is 1. The zero-order valence-electron chi connectivity index (χ0n) is 14.8. The summed E-state index contributed by atoms with van der Waals surface area (Å²) < 4.78 is 7.15. The number of amides is 2. The number of H-pyrrole nitrogens is 1. The minimum atomic E-state index is -0.189. The lowest BCUT2D eigenvalue weighted by molar-refractivity contribution is 0.217. The number of aromatic nitrogens is 4. The second-order valence-corrected chi connectivity index (χ2v) is 5.63. The van der Waals surface area contributed by atoms with E-state index in [-0.39, 0.29) is 6.03 Å². The summed E-state index contributed by atoms with van der Waals surface area (Å²) in [5, 5.41) is 7.03. The maximum Gasteiger partial charge on any atom is 0.324 e. The van der Waals surface area contributed by atoms with E-state index < -0.39 is 0 Å². The molecule has 8 heteroatoms. The second kappa shape index (κ2) is 6.84. The third-order valence-electron chi connectivity index (χ3n) is 4.12. The summed E-state index contributed by atoms with van der Waals surface area (Å²) in [6, 6.07) is 3.62. The molecule has 25 heavy (non-hydrogen) atoms. The van der Waals surface area contributed by atoms with Crippen LogP contribution in [0.5, 0.6) is 5.75 Å². The maximum absolute atomic E-state index is 12.3. The van der Waals surface area contributed by atoms with Crippen molar-refractivity contribution in [1.82, 2.24) is 24.6 Å².